The molecule has 3 heteroatoms. The van der Waals surface area contributed by atoms with Crippen molar-refractivity contribution in [2.75, 3.05) is 6.61 Å². The third-order valence-corrected chi connectivity index (χ3v) is 1.71. The zero-order valence-electron chi connectivity index (χ0n) is 9.00. The van der Waals surface area contributed by atoms with Crippen LogP contribution in [0.5, 0.6) is 0 Å². The van der Waals surface area contributed by atoms with Gasteiger partial charge in [0.2, 0.25) is 0 Å². The molecule has 78 valence electrons. The summed E-state index contributed by atoms with van der Waals surface area (Å²) in [7, 11) is 0. The fraction of sp³-hybridized carbons (Fsp3) is 0.900. The molecule has 3 nitrogen and oxygen atoms in total. The third kappa shape index (κ3) is 6.43. The predicted molar refractivity (Wildman–Crippen MR) is 51.6 cm³/mol. The maximum absolute atomic E-state index is 10.9. The van der Waals surface area contributed by atoms with Crippen molar-refractivity contribution in [3.05, 3.63) is 0 Å². The number of carbonyl (C=O) groups excluding carboxylic acids is 1. The van der Waals surface area contributed by atoms with Crippen molar-refractivity contribution in [3.63, 3.8) is 0 Å². The fourth-order valence-corrected chi connectivity index (χ4v) is 1.11. The minimum Gasteiger partial charge on any atom is -0.435 e. The van der Waals surface area contributed by atoms with Gasteiger partial charge in [0.05, 0.1) is 6.61 Å². The molecule has 0 aliphatic rings. The summed E-state index contributed by atoms with van der Waals surface area (Å²) in [6.07, 6.45) is 1.20. The van der Waals surface area contributed by atoms with Crippen LogP contribution in [0.1, 0.15) is 40.5 Å². The summed E-state index contributed by atoms with van der Waals surface area (Å²) in [6.45, 7) is 8.36. The van der Waals surface area contributed by atoms with Crippen LogP contribution in [-0.2, 0) is 9.47 Å². The Balaban J connectivity index is 3.76. The van der Waals surface area contributed by atoms with Crippen LogP contribution in [0.3, 0.4) is 0 Å². The van der Waals surface area contributed by atoms with Gasteiger partial charge in [-0.15, -0.1) is 0 Å². The first kappa shape index (κ1) is 12.3. The smallest absolute Gasteiger partial charge is 0.435 e. The van der Waals surface area contributed by atoms with E-state index in [1.807, 2.05) is 6.92 Å². The number of carbonyl (C=O) groups is 1. The summed E-state index contributed by atoms with van der Waals surface area (Å²) in [5.74, 6) is 0.541. The van der Waals surface area contributed by atoms with E-state index in [4.69, 9.17) is 9.47 Å². The Morgan fingerprint density at radius 3 is 2.31 bits per heavy atom. The molecule has 0 heterocycles. The van der Waals surface area contributed by atoms with Gasteiger partial charge in [-0.05, 0) is 25.7 Å². The number of rotatable bonds is 5. The lowest BCUT2D eigenvalue weighted by atomic mass is 10.0. The molecule has 0 aromatic rings. The molecule has 0 N–H and O–H groups in total. The van der Waals surface area contributed by atoms with Gasteiger partial charge in [0.15, 0.2) is 0 Å². The van der Waals surface area contributed by atoms with Crippen LogP contribution in [0.25, 0.3) is 0 Å². The fourth-order valence-electron chi connectivity index (χ4n) is 1.11. The summed E-state index contributed by atoms with van der Waals surface area (Å²) in [6, 6.07) is 0. The Morgan fingerprint density at radius 2 is 1.92 bits per heavy atom. The molecule has 0 spiro atoms. The van der Waals surface area contributed by atoms with E-state index < -0.39 is 6.16 Å². The molecule has 0 aliphatic carbocycles. The standard InChI is InChI=1S/C10H20O3/c1-5-9(7-8(3)4)13-10(11)12-6-2/h8-9H,5-7H2,1-4H3. The van der Waals surface area contributed by atoms with Crippen molar-refractivity contribution in [1.82, 2.24) is 0 Å². The van der Waals surface area contributed by atoms with Gasteiger partial charge in [-0.3, -0.25) is 0 Å². The molecule has 0 radical (unpaired) electrons. The van der Waals surface area contributed by atoms with Crippen LogP contribution < -0.4 is 0 Å². The molecular weight excluding hydrogens is 168 g/mol. The van der Waals surface area contributed by atoms with Crippen LogP contribution in [0.2, 0.25) is 0 Å². The SMILES string of the molecule is CCOC(=O)OC(CC)CC(C)C. The van der Waals surface area contributed by atoms with E-state index in [2.05, 4.69) is 13.8 Å². The maximum Gasteiger partial charge on any atom is 0.508 e. The molecule has 1 atom stereocenters. The van der Waals surface area contributed by atoms with E-state index in [-0.39, 0.29) is 6.10 Å². The predicted octanol–water partition coefficient (Wildman–Crippen LogP) is 2.98. The van der Waals surface area contributed by atoms with Crippen molar-refractivity contribution in [2.24, 2.45) is 5.92 Å². The van der Waals surface area contributed by atoms with Crippen molar-refractivity contribution in [3.8, 4) is 0 Å². The van der Waals surface area contributed by atoms with Gasteiger partial charge in [-0.2, -0.15) is 0 Å². The molecule has 0 saturated carbocycles. The Morgan fingerprint density at radius 1 is 1.31 bits per heavy atom. The summed E-state index contributed by atoms with van der Waals surface area (Å²) in [4.78, 5) is 10.9. The average molecular weight is 188 g/mol. The van der Waals surface area contributed by atoms with E-state index in [0.29, 0.717) is 12.5 Å². The van der Waals surface area contributed by atoms with Gasteiger partial charge in [-0.25, -0.2) is 4.79 Å². The topological polar surface area (TPSA) is 35.5 Å². The molecule has 0 aliphatic heterocycles. The zero-order chi connectivity index (χ0) is 10.3. The Hall–Kier alpha value is -0.730. The lowest BCUT2D eigenvalue weighted by Crippen LogP contribution is -2.20. The van der Waals surface area contributed by atoms with Gasteiger partial charge in [0, 0.05) is 0 Å². The van der Waals surface area contributed by atoms with Gasteiger partial charge < -0.3 is 9.47 Å². The summed E-state index contributed by atoms with van der Waals surface area (Å²) < 4.78 is 9.78. The van der Waals surface area contributed by atoms with Crippen molar-refractivity contribution in [2.45, 2.75) is 46.6 Å². The molecule has 0 rings (SSSR count). The van der Waals surface area contributed by atoms with E-state index in [0.717, 1.165) is 12.8 Å². The molecule has 0 saturated heterocycles. The minimum atomic E-state index is -0.546. The highest BCUT2D eigenvalue weighted by molar-refractivity contribution is 5.60. The largest absolute Gasteiger partial charge is 0.508 e. The minimum absolute atomic E-state index is 0.000880. The van der Waals surface area contributed by atoms with Crippen molar-refractivity contribution in [1.29, 1.82) is 0 Å². The normalized spacial score (nSPS) is 12.7. The first-order valence-electron chi connectivity index (χ1n) is 4.93. The highest BCUT2D eigenvalue weighted by Gasteiger charge is 2.14. The van der Waals surface area contributed by atoms with E-state index in [1.54, 1.807) is 6.92 Å². The average Bonchev–Trinajstić information content (AvgIpc) is 2.02. The molecule has 0 amide bonds. The van der Waals surface area contributed by atoms with Gasteiger partial charge in [0.1, 0.15) is 6.10 Å². The molecule has 1 unspecified atom stereocenters. The molecular formula is C10H20O3. The van der Waals surface area contributed by atoms with Gasteiger partial charge >= 0.3 is 6.16 Å². The van der Waals surface area contributed by atoms with Crippen LogP contribution in [0, 0.1) is 5.92 Å². The molecule has 0 bridgehead atoms. The summed E-state index contributed by atoms with van der Waals surface area (Å²) in [5, 5.41) is 0. The third-order valence-electron chi connectivity index (χ3n) is 1.71. The van der Waals surface area contributed by atoms with Gasteiger partial charge in [0.25, 0.3) is 0 Å². The quantitative estimate of drug-likeness (QED) is 0.622. The lowest BCUT2D eigenvalue weighted by molar-refractivity contribution is 0.0182. The van der Waals surface area contributed by atoms with Crippen molar-refractivity contribution >= 4 is 6.16 Å². The van der Waals surface area contributed by atoms with Crippen LogP contribution >= 0.6 is 0 Å². The highest BCUT2D eigenvalue weighted by atomic mass is 16.7. The molecule has 0 fully saturated rings. The summed E-state index contributed by atoms with van der Waals surface area (Å²) in [5.41, 5.74) is 0. The number of hydrogen-bond donors (Lipinski definition) is 0. The first-order valence-corrected chi connectivity index (χ1v) is 4.93. The second-order valence-electron chi connectivity index (χ2n) is 3.46. The van der Waals surface area contributed by atoms with Gasteiger partial charge in [-0.1, -0.05) is 20.8 Å². The Labute approximate surface area is 80.4 Å². The molecule has 0 aromatic carbocycles. The second-order valence-corrected chi connectivity index (χ2v) is 3.46. The maximum atomic E-state index is 10.9. The zero-order valence-corrected chi connectivity index (χ0v) is 9.00. The Bertz CT molecular complexity index is 143. The number of ether oxygens (including phenoxy) is 2. The number of hydrogen-bond acceptors (Lipinski definition) is 3. The van der Waals surface area contributed by atoms with Crippen LogP contribution in [-0.4, -0.2) is 18.9 Å². The lowest BCUT2D eigenvalue weighted by Gasteiger charge is -2.17. The summed E-state index contributed by atoms with van der Waals surface area (Å²) >= 11 is 0. The second kappa shape index (κ2) is 6.75. The van der Waals surface area contributed by atoms with Crippen LogP contribution in [0.15, 0.2) is 0 Å². The van der Waals surface area contributed by atoms with Crippen LogP contribution in [0.4, 0.5) is 4.79 Å². The van der Waals surface area contributed by atoms with E-state index >= 15 is 0 Å². The monoisotopic (exact) mass is 188 g/mol. The highest BCUT2D eigenvalue weighted by Crippen LogP contribution is 2.11. The van der Waals surface area contributed by atoms with Crippen molar-refractivity contribution < 1.29 is 14.3 Å². The van der Waals surface area contributed by atoms with E-state index in [9.17, 15) is 4.79 Å². The Kier molecular flexibility index (Phi) is 6.37. The van der Waals surface area contributed by atoms with E-state index in [1.165, 1.54) is 0 Å². The molecule has 0 aromatic heterocycles. The molecule has 13 heavy (non-hydrogen) atoms. The first-order chi connectivity index (χ1) is 6.10.